The number of halogens is 8. The molecule has 16 heteroatoms. The van der Waals surface area contributed by atoms with Crippen LogP contribution in [0, 0.1) is 0 Å². The monoisotopic (exact) mass is 644 g/mol. The molecule has 0 saturated heterocycles. The zero-order valence-electron chi connectivity index (χ0n) is 19.0. The van der Waals surface area contributed by atoms with Crippen molar-refractivity contribution in [3.8, 4) is 0 Å². The van der Waals surface area contributed by atoms with Gasteiger partial charge in [0.2, 0.25) is 0 Å². The number of aromatic nitrogens is 1. The van der Waals surface area contributed by atoms with Crippen LogP contribution in [-0.2, 0) is 22.4 Å². The Kier molecular flexibility index (Phi) is 7.91. The molecule has 1 aromatic heterocycles. The lowest BCUT2D eigenvalue weighted by Gasteiger charge is -2.14. The Labute approximate surface area is 235 Å². The minimum atomic E-state index is -4.85. The Bertz CT molecular complexity index is 1720. The minimum Gasteiger partial charge on any atom is -0.294 e. The highest BCUT2D eigenvalue weighted by molar-refractivity contribution is 8.01. The largest absolute Gasteiger partial charge is 0.416 e. The van der Waals surface area contributed by atoms with Crippen molar-refractivity contribution in [2.75, 3.05) is 4.72 Å². The molecule has 39 heavy (non-hydrogen) atoms. The number of anilines is 1. The average Bonchev–Trinajstić information content (AvgIpc) is 3.20. The molecule has 0 fully saturated rings. The number of thiazole rings is 1. The molecule has 4 rings (SSSR count). The van der Waals surface area contributed by atoms with E-state index in [0.29, 0.717) is 16.8 Å². The first kappa shape index (κ1) is 29.5. The Morgan fingerprint density at radius 2 is 1.62 bits per heavy atom. The molecule has 5 nitrogen and oxygen atoms in total. The first-order valence-corrected chi connectivity index (χ1v) is 14.2. The van der Waals surface area contributed by atoms with Crippen LogP contribution >= 0.6 is 46.3 Å². The summed E-state index contributed by atoms with van der Waals surface area (Å²) in [5.41, 5.74) is -2.34. The van der Waals surface area contributed by atoms with Crippen LogP contribution in [0.25, 0.3) is 10.2 Å². The summed E-state index contributed by atoms with van der Waals surface area (Å²) < 4.78 is 107. The normalized spacial score (nSPS) is 12.6. The van der Waals surface area contributed by atoms with Gasteiger partial charge in [0.25, 0.3) is 10.0 Å². The van der Waals surface area contributed by atoms with Crippen molar-refractivity contribution in [1.82, 2.24) is 4.98 Å². The van der Waals surface area contributed by atoms with E-state index in [0.717, 1.165) is 53.4 Å². The lowest BCUT2D eigenvalue weighted by molar-refractivity contribution is -0.138. The summed E-state index contributed by atoms with van der Waals surface area (Å²) in [7, 11) is -4.60. The second-order valence-electron chi connectivity index (χ2n) is 7.93. The summed E-state index contributed by atoms with van der Waals surface area (Å²) in [6, 6.07) is 7.16. The van der Waals surface area contributed by atoms with E-state index >= 15 is 0 Å². The Balaban J connectivity index is 1.69. The van der Waals surface area contributed by atoms with Crippen LogP contribution in [-0.4, -0.2) is 19.2 Å². The Morgan fingerprint density at radius 3 is 2.23 bits per heavy atom. The average molecular weight is 645 g/mol. The molecule has 1 N–H and O–H groups in total. The van der Waals surface area contributed by atoms with Gasteiger partial charge in [-0.2, -0.15) is 26.3 Å². The number of alkyl halides is 6. The number of benzene rings is 3. The number of ketones is 1. The van der Waals surface area contributed by atoms with E-state index < -0.39 is 49.2 Å². The number of fused-ring (bicyclic) bond motifs is 1. The quantitative estimate of drug-likeness (QED) is 0.168. The fraction of sp³-hybridized carbons (Fsp3) is 0.130. The highest BCUT2D eigenvalue weighted by Gasteiger charge is 2.33. The highest BCUT2D eigenvalue weighted by Crippen LogP contribution is 2.42. The predicted molar refractivity (Wildman–Crippen MR) is 137 cm³/mol. The molecule has 0 amide bonds. The fourth-order valence-corrected chi connectivity index (χ4v) is 7.22. The maximum absolute atomic E-state index is 13.1. The van der Waals surface area contributed by atoms with E-state index in [1.54, 1.807) is 0 Å². The number of carbonyl (C=O) groups is 1. The number of Topliss-reactive ketones (excluding diaryl/α,β-unsaturated/α-hetero) is 1. The molecule has 0 atom stereocenters. The molecule has 0 unspecified atom stereocenters. The lowest BCUT2D eigenvalue weighted by Crippen LogP contribution is -2.15. The third-order valence-corrected chi connectivity index (χ3v) is 9.30. The first-order chi connectivity index (χ1) is 17.9. The molecule has 0 aliphatic carbocycles. The van der Waals surface area contributed by atoms with Gasteiger partial charge in [-0.15, -0.1) is 11.3 Å². The van der Waals surface area contributed by atoms with Crippen LogP contribution in [0.5, 0.6) is 0 Å². The van der Waals surface area contributed by atoms with Crippen molar-refractivity contribution in [2.45, 2.75) is 33.4 Å². The van der Waals surface area contributed by atoms with E-state index in [2.05, 4.69) is 9.71 Å². The molecule has 0 radical (unpaired) electrons. The van der Waals surface area contributed by atoms with Crippen LogP contribution in [0.15, 0.2) is 62.7 Å². The maximum Gasteiger partial charge on any atom is 0.416 e. The van der Waals surface area contributed by atoms with Gasteiger partial charge in [0, 0.05) is 15.5 Å². The zero-order chi connectivity index (χ0) is 28.9. The van der Waals surface area contributed by atoms with Gasteiger partial charge >= 0.3 is 12.4 Å². The van der Waals surface area contributed by atoms with Crippen LogP contribution in [0.2, 0.25) is 10.0 Å². The van der Waals surface area contributed by atoms with Crippen molar-refractivity contribution >= 4 is 78.0 Å². The molecule has 0 aliphatic rings. The van der Waals surface area contributed by atoms with Gasteiger partial charge in [-0.05, 0) is 55.5 Å². The summed E-state index contributed by atoms with van der Waals surface area (Å²) in [4.78, 5) is 16.0. The molecule has 1 heterocycles. The number of hydrogen-bond donors (Lipinski definition) is 1. The van der Waals surface area contributed by atoms with Crippen LogP contribution < -0.4 is 4.72 Å². The molecular weight excluding hydrogens is 633 g/mol. The van der Waals surface area contributed by atoms with E-state index in [4.69, 9.17) is 23.2 Å². The summed E-state index contributed by atoms with van der Waals surface area (Å²) in [5.74, 6) is -0.539. The SMILES string of the molecule is CC(=O)c1cc(NS(=O)(=O)c2cc(Cl)cc(C(F)(F)F)c2)cc(Cl)c1Sc1nc2cc(C(F)(F)F)ccc2s1. The third kappa shape index (κ3) is 6.62. The van der Waals surface area contributed by atoms with Crippen molar-refractivity contribution in [3.63, 3.8) is 0 Å². The lowest BCUT2D eigenvalue weighted by atomic mass is 10.1. The van der Waals surface area contributed by atoms with Gasteiger partial charge in [-0.25, -0.2) is 13.4 Å². The van der Waals surface area contributed by atoms with Gasteiger partial charge in [-0.3, -0.25) is 9.52 Å². The van der Waals surface area contributed by atoms with E-state index in [1.807, 2.05) is 0 Å². The number of nitrogens with one attached hydrogen (secondary N) is 1. The predicted octanol–water partition coefficient (Wildman–Crippen LogP) is 8.80. The summed E-state index contributed by atoms with van der Waals surface area (Å²) in [6.45, 7) is 1.18. The maximum atomic E-state index is 13.1. The molecule has 0 spiro atoms. The van der Waals surface area contributed by atoms with Crippen LogP contribution in [0.3, 0.4) is 0 Å². The summed E-state index contributed by atoms with van der Waals surface area (Å²) in [6.07, 6.45) is -9.41. The number of sulfonamides is 1. The minimum absolute atomic E-state index is 0.0532. The zero-order valence-corrected chi connectivity index (χ0v) is 23.0. The number of rotatable bonds is 6. The van der Waals surface area contributed by atoms with Crippen LogP contribution in [0.4, 0.5) is 32.0 Å². The third-order valence-electron chi connectivity index (χ3n) is 5.07. The first-order valence-electron chi connectivity index (χ1n) is 10.3. The smallest absolute Gasteiger partial charge is 0.294 e. The van der Waals surface area contributed by atoms with Crippen molar-refractivity contribution in [3.05, 3.63) is 75.3 Å². The van der Waals surface area contributed by atoms with Crippen molar-refractivity contribution in [2.24, 2.45) is 0 Å². The summed E-state index contributed by atoms with van der Waals surface area (Å²) >= 11 is 14.0. The van der Waals surface area contributed by atoms with E-state index in [1.165, 1.54) is 13.0 Å². The van der Waals surface area contributed by atoms with E-state index in [-0.39, 0.29) is 31.0 Å². The molecule has 206 valence electrons. The van der Waals surface area contributed by atoms with Gasteiger partial charge in [-0.1, -0.05) is 35.0 Å². The second kappa shape index (κ2) is 10.5. The van der Waals surface area contributed by atoms with E-state index in [9.17, 15) is 39.6 Å². The number of carbonyl (C=O) groups excluding carboxylic acids is 1. The molecular formula is C23H12Cl2F6N2O3S3. The second-order valence-corrected chi connectivity index (χ2v) is 12.7. The number of hydrogen-bond acceptors (Lipinski definition) is 6. The molecule has 0 saturated carbocycles. The number of nitrogens with zero attached hydrogens (tertiary/aromatic N) is 1. The molecule has 0 aliphatic heterocycles. The standard InChI is InChI=1S/C23H12Cl2F6N2O3S3/c1-10(34)16-8-14(33-39(35,36)15-5-12(23(29,30)31)4-13(24)7-15)9-17(25)20(16)38-21-32-18-6-11(22(26,27)28)2-3-19(18)37-21/h2-9,33H,1H3. The van der Waals surface area contributed by atoms with Gasteiger partial charge in [0.1, 0.15) is 0 Å². The van der Waals surface area contributed by atoms with Crippen molar-refractivity contribution < 1.29 is 39.6 Å². The molecule has 4 aromatic rings. The molecule has 3 aromatic carbocycles. The molecule has 0 bridgehead atoms. The van der Waals surface area contributed by atoms with Gasteiger partial charge in [0.05, 0.1) is 36.9 Å². The fourth-order valence-electron chi connectivity index (χ4n) is 3.33. The Hall–Kier alpha value is -2.52. The highest BCUT2D eigenvalue weighted by atomic mass is 35.5. The van der Waals surface area contributed by atoms with Crippen LogP contribution in [0.1, 0.15) is 28.4 Å². The topological polar surface area (TPSA) is 76.1 Å². The van der Waals surface area contributed by atoms with Gasteiger partial charge in [0.15, 0.2) is 10.1 Å². The van der Waals surface area contributed by atoms with Gasteiger partial charge < -0.3 is 0 Å². The summed E-state index contributed by atoms with van der Waals surface area (Å²) in [5, 5.41) is -0.569. The Morgan fingerprint density at radius 1 is 0.949 bits per heavy atom. The van der Waals surface area contributed by atoms with Crippen molar-refractivity contribution in [1.29, 1.82) is 0 Å².